The molecule has 20 heavy (non-hydrogen) atoms. The Labute approximate surface area is 120 Å². The third kappa shape index (κ3) is 2.35. The standard InChI is InChI=1S/C17H22N2O/c20-17(14-6-7-14)19-11-10-18(15-8-9-15)12-16(19)13-4-2-1-3-5-13/h1-5,14-16H,6-12H2. The first-order chi connectivity index (χ1) is 9.83. The van der Waals surface area contributed by atoms with Gasteiger partial charge in [0.1, 0.15) is 0 Å². The average molecular weight is 270 g/mol. The van der Waals surface area contributed by atoms with Crippen molar-refractivity contribution >= 4 is 5.91 Å². The van der Waals surface area contributed by atoms with Gasteiger partial charge in [0.05, 0.1) is 6.04 Å². The minimum atomic E-state index is 0.263. The molecule has 0 aromatic heterocycles. The van der Waals surface area contributed by atoms with E-state index in [9.17, 15) is 4.79 Å². The van der Waals surface area contributed by atoms with E-state index in [0.29, 0.717) is 11.8 Å². The number of rotatable bonds is 3. The molecule has 1 aliphatic heterocycles. The van der Waals surface area contributed by atoms with Crippen molar-refractivity contribution in [3.05, 3.63) is 35.9 Å². The summed E-state index contributed by atoms with van der Waals surface area (Å²) in [5, 5.41) is 0. The van der Waals surface area contributed by atoms with E-state index in [1.807, 2.05) is 0 Å². The summed E-state index contributed by atoms with van der Waals surface area (Å²) in [5.41, 5.74) is 1.30. The zero-order valence-corrected chi connectivity index (χ0v) is 11.9. The summed E-state index contributed by atoms with van der Waals surface area (Å²) in [6, 6.07) is 11.6. The van der Waals surface area contributed by atoms with E-state index in [4.69, 9.17) is 0 Å². The van der Waals surface area contributed by atoms with Gasteiger partial charge in [-0.25, -0.2) is 0 Å². The zero-order chi connectivity index (χ0) is 13.5. The highest BCUT2D eigenvalue weighted by molar-refractivity contribution is 5.81. The molecule has 1 aromatic rings. The highest BCUT2D eigenvalue weighted by atomic mass is 16.2. The second-order valence-corrected chi connectivity index (χ2v) is 6.46. The maximum absolute atomic E-state index is 12.5. The molecule has 0 N–H and O–H groups in total. The third-order valence-corrected chi connectivity index (χ3v) is 4.87. The van der Waals surface area contributed by atoms with Gasteiger partial charge in [-0.2, -0.15) is 0 Å². The van der Waals surface area contributed by atoms with Crippen LogP contribution in [0, 0.1) is 5.92 Å². The van der Waals surface area contributed by atoms with E-state index < -0.39 is 0 Å². The van der Waals surface area contributed by atoms with Crippen LogP contribution < -0.4 is 0 Å². The summed E-state index contributed by atoms with van der Waals surface area (Å²) < 4.78 is 0. The van der Waals surface area contributed by atoms with Crippen molar-refractivity contribution in [2.24, 2.45) is 5.92 Å². The van der Waals surface area contributed by atoms with E-state index in [0.717, 1.165) is 38.5 Å². The van der Waals surface area contributed by atoms with Crippen LogP contribution in [0.5, 0.6) is 0 Å². The Bertz CT molecular complexity index is 493. The number of hydrogen-bond donors (Lipinski definition) is 0. The monoisotopic (exact) mass is 270 g/mol. The Hall–Kier alpha value is -1.35. The van der Waals surface area contributed by atoms with Gasteiger partial charge in [0.2, 0.25) is 5.91 Å². The van der Waals surface area contributed by atoms with E-state index in [1.165, 1.54) is 18.4 Å². The molecule has 106 valence electrons. The first kappa shape index (κ1) is 12.4. The van der Waals surface area contributed by atoms with E-state index in [2.05, 4.69) is 40.1 Å². The van der Waals surface area contributed by atoms with Crippen LogP contribution in [-0.2, 0) is 4.79 Å². The van der Waals surface area contributed by atoms with Crippen molar-refractivity contribution < 1.29 is 4.79 Å². The van der Waals surface area contributed by atoms with Gasteiger partial charge in [-0.15, -0.1) is 0 Å². The fourth-order valence-electron chi connectivity index (χ4n) is 3.36. The van der Waals surface area contributed by atoms with Crippen molar-refractivity contribution in [2.45, 2.75) is 37.8 Å². The molecule has 1 amide bonds. The molecule has 3 heteroatoms. The van der Waals surface area contributed by atoms with Crippen molar-refractivity contribution in [1.29, 1.82) is 0 Å². The van der Waals surface area contributed by atoms with Crippen LogP contribution in [0.1, 0.15) is 37.3 Å². The summed E-state index contributed by atoms with van der Waals surface area (Å²) in [4.78, 5) is 17.3. The highest BCUT2D eigenvalue weighted by Gasteiger charge is 2.41. The lowest BCUT2D eigenvalue weighted by atomic mass is 10.0. The van der Waals surface area contributed by atoms with E-state index >= 15 is 0 Å². The SMILES string of the molecule is O=C(C1CC1)N1CCN(C2CC2)CC1c1ccccc1. The van der Waals surface area contributed by atoms with Gasteiger partial charge in [-0.3, -0.25) is 9.69 Å². The third-order valence-electron chi connectivity index (χ3n) is 4.87. The minimum absolute atomic E-state index is 0.263. The van der Waals surface area contributed by atoms with Crippen LogP contribution in [0.4, 0.5) is 0 Å². The zero-order valence-electron chi connectivity index (χ0n) is 11.9. The maximum Gasteiger partial charge on any atom is 0.226 e. The number of hydrogen-bond acceptors (Lipinski definition) is 2. The molecular weight excluding hydrogens is 248 g/mol. The summed E-state index contributed by atoms with van der Waals surface area (Å²) in [6.45, 7) is 2.99. The number of carbonyl (C=O) groups excluding carboxylic acids is 1. The first-order valence-electron chi connectivity index (χ1n) is 7.92. The predicted molar refractivity (Wildman–Crippen MR) is 78.2 cm³/mol. The van der Waals surface area contributed by atoms with Crippen molar-refractivity contribution in [3.63, 3.8) is 0 Å². The topological polar surface area (TPSA) is 23.6 Å². The second-order valence-electron chi connectivity index (χ2n) is 6.46. The van der Waals surface area contributed by atoms with Gasteiger partial charge in [-0.05, 0) is 31.2 Å². The molecule has 3 nitrogen and oxygen atoms in total. The molecule has 1 atom stereocenters. The number of nitrogens with zero attached hydrogens (tertiary/aromatic N) is 2. The van der Waals surface area contributed by atoms with Crippen LogP contribution in [0.15, 0.2) is 30.3 Å². The van der Waals surface area contributed by atoms with Gasteiger partial charge in [0.25, 0.3) is 0 Å². The normalized spacial score (nSPS) is 27.6. The summed E-state index contributed by atoms with van der Waals surface area (Å²) in [5.74, 6) is 0.725. The van der Waals surface area contributed by atoms with Crippen LogP contribution in [0.3, 0.4) is 0 Å². The van der Waals surface area contributed by atoms with Crippen LogP contribution >= 0.6 is 0 Å². The lowest BCUT2D eigenvalue weighted by Crippen LogP contribution is -2.51. The molecule has 2 saturated carbocycles. The molecule has 1 saturated heterocycles. The molecule has 0 bridgehead atoms. The molecule has 4 rings (SSSR count). The van der Waals surface area contributed by atoms with Gasteiger partial charge in [0, 0.05) is 31.6 Å². The van der Waals surface area contributed by atoms with E-state index in [-0.39, 0.29) is 6.04 Å². The van der Waals surface area contributed by atoms with Crippen molar-refractivity contribution in [1.82, 2.24) is 9.80 Å². The predicted octanol–water partition coefficient (Wildman–Crippen LogP) is 2.44. The summed E-state index contributed by atoms with van der Waals surface area (Å²) in [6.07, 6.45) is 4.89. The van der Waals surface area contributed by atoms with E-state index in [1.54, 1.807) is 0 Å². The number of amides is 1. The highest BCUT2D eigenvalue weighted by Crippen LogP contribution is 2.37. The lowest BCUT2D eigenvalue weighted by Gasteiger charge is -2.42. The molecule has 3 fully saturated rings. The molecule has 2 aliphatic carbocycles. The largest absolute Gasteiger partial charge is 0.333 e. The molecule has 0 radical (unpaired) electrons. The lowest BCUT2D eigenvalue weighted by molar-refractivity contribution is -0.138. The minimum Gasteiger partial charge on any atom is -0.333 e. The van der Waals surface area contributed by atoms with Crippen LogP contribution in [0.25, 0.3) is 0 Å². The van der Waals surface area contributed by atoms with Gasteiger partial charge >= 0.3 is 0 Å². The van der Waals surface area contributed by atoms with Gasteiger partial charge in [-0.1, -0.05) is 30.3 Å². The number of benzene rings is 1. The molecular formula is C17H22N2O. The Balaban J connectivity index is 1.58. The van der Waals surface area contributed by atoms with Gasteiger partial charge in [0.15, 0.2) is 0 Å². The smallest absolute Gasteiger partial charge is 0.226 e. The quantitative estimate of drug-likeness (QED) is 0.842. The molecule has 3 aliphatic rings. The second kappa shape index (κ2) is 4.88. The summed E-state index contributed by atoms with van der Waals surface area (Å²) >= 11 is 0. The Morgan fingerprint density at radius 2 is 1.75 bits per heavy atom. The summed E-state index contributed by atoms with van der Waals surface area (Å²) in [7, 11) is 0. The average Bonchev–Trinajstić information content (AvgIpc) is 3.40. The Kier molecular flexibility index (Phi) is 3.03. The fraction of sp³-hybridized carbons (Fsp3) is 0.588. The maximum atomic E-state index is 12.5. The van der Waals surface area contributed by atoms with Crippen molar-refractivity contribution in [2.75, 3.05) is 19.6 Å². The van der Waals surface area contributed by atoms with Crippen LogP contribution in [0.2, 0.25) is 0 Å². The van der Waals surface area contributed by atoms with Crippen molar-refractivity contribution in [3.8, 4) is 0 Å². The molecule has 0 spiro atoms. The molecule has 1 unspecified atom stereocenters. The Morgan fingerprint density at radius 1 is 1.00 bits per heavy atom. The van der Waals surface area contributed by atoms with Gasteiger partial charge < -0.3 is 4.90 Å². The number of carbonyl (C=O) groups is 1. The number of piperazine rings is 1. The fourth-order valence-corrected chi connectivity index (χ4v) is 3.36. The first-order valence-corrected chi connectivity index (χ1v) is 7.92. The Morgan fingerprint density at radius 3 is 2.40 bits per heavy atom. The molecule has 1 aromatic carbocycles. The molecule has 1 heterocycles. The van der Waals surface area contributed by atoms with Crippen LogP contribution in [-0.4, -0.2) is 41.4 Å².